The third-order valence-corrected chi connectivity index (χ3v) is 2.93. The van der Waals surface area contributed by atoms with Crippen LogP contribution in [0.5, 0.6) is 0 Å². The van der Waals surface area contributed by atoms with Gasteiger partial charge in [0.15, 0.2) is 0 Å². The van der Waals surface area contributed by atoms with E-state index in [0.717, 1.165) is 19.3 Å². The second-order valence-electron chi connectivity index (χ2n) is 3.61. The molecule has 0 aliphatic heterocycles. The van der Waals surface area contributed by atoms with Crippen molar-refractivity contribution in [1.82, 2.24) is 0 Å². The molecule has 0 aromatic heterocycles. The minimum absolute atomic E-state index is 0.667. The third kappa shape index (κ3) is 1.98. The summed E-state index contributed by atoms with van der Waals surface area (Å²) in [6, 6.07) is 4.43. The third-order valence-electron chi connectivity index (χ3n) is 2.93. The van der Waals surface area contributed by atoms with E-state index in [1.165, 1.54) is 22.3 Å². The molecule has 0 heterocycles. The Bertz CT molecular complexity index is 271. The van der Waals surface area contributed by atoms with Gasteiger partial charge in [-0.15, -0.1) is 0 Å². The van der Waals surface area contributed by atoms with Crippen LogP contribution in [0, 0.1) is 0 Å². The molecule has 0 saturated heterocycles. The summed E-state index contributed by atoms with van der Waals surface area (Å²) in [6.45, 7) is 7.33. The zero-order chi connectivity index (χ0) is 10.6. The highest BCUT2D eigenvalue weighted by Crippen LogP contribution is 2.21. The summed E-state index contributed by atoms with van der Waals surface area (Å²) < 4.78 is 0. The highest BCUT2D eigenvalue weighted by Gasteiger charge is 2.08. The summed E-state index contributed by atoms with van der Waals surface area (Å²) in [6.07, 6.45) is 3.35. The van der Waals surface area contributed by atoms with Crippen LogP contribution in [0.25, 0.3) is 0 Å². The van der Waals surface area contributed by atoms with Gasteiger partial charge in [0.2, 0.25) is 0 Å². The van der Waals surface area contributed by atoms with Crippen LogP contribution >= 0.6 is 0 Å². The van der Waals surface area contributed by atoms with E-state index >= 15 is 0 Å². The Labute approximate surface area is 87.3 Å². The van der Waals surface area contributed by atoms with Gasteiger partial charge in [0.1, 0.15) is 0 Å². The maximum absolute atomic E-state index is 5.74. The zero-order valence-electron chi connectivity index (χ0n) is 9.56. The molecular weight excluding hydrogens is 170 g/mol. The molecule has 0 radical (unpaired) electrons. The lowest BCUT2D eigenvalue weighted by Crippen LogP contribution is -2.06. The lowest BCUT2D eigenvalue weighted by atomic mass is 9.91. The van der Waals surface area contributed by atoms with E-state index in [0.29, 0.717) is 6.54 Å². The van der Waals surface area contributed by atoms with Crippen LogP contribution < -0.4 is 5.73 Å². The highest BCUT2D eigenvalue weighted by molar-refractivity contribution is 5.41. The number of benzene rings is 1. The fourth-order valence-electron chi connectivity index (χ4n) is 2.19. The van der Waals surface area contributed by atoms with E-state index in [-0.39, 0.29) is 0 Å². The molecule has 0 fully saturated rings. The smallest absolute Gasteiger partial charge is 0.0180 e. The topological polar surface area (TPSA) is 26.0 Å². The Hall–Kier alpha value is -0.820. The quantitative estimate of drug-likeness (QED) is 0.778. The number of nitrogens with two attached hydrogens (primary N) is 1. The molecule has 14 heavy (non-hydrogen) atoms. The SMILES string of the molecule is CCc1ccc(CN)c(CC)c1CC. The van der Waals surface area contributed by atoms with Gasteiger partial charge in [-0.25, -0.2) is 0 Å². The number of aryl methyl sites for hydroxylation is 1. The number of hydrogen-bond acceptors (Lipinski definition) is 1. The fourth-order valence-corrected chi connectivity index (χ4v) is 2.19. The lowest BCUT2D eigenvalue weighted by Gasteiger charge is -2.15. The van der Waals surface area contributed by atoms with E-state index in [4.69, 9.17) is 5.73 Å². The number of rotatable bonds is 4. The van der Waals surface area contributed by atoms with Gasteiger partial charge in [-0.3, -0.25) is 0 Å². The molecule has 0 unspecified atom stereocenters. The summed E-state index contributed by atoms with van der Waals surface area (Å²) in [4.78, 5) is 0. The standard InChI is InChI=1S/C13H21N/c1-4-10-7-8-11(9-14)13(6-3)12(10)5-2/h7-8H,4-6,9,14H2,1-3H3. The van der Waals surface area contributed by atoms with Crippen LogP contribution in [-0.2, 0) is 25.8 Å². The van der Waals surface area contributed by atoms with Gasteiger partial charge in [0.25, 0.3) is 0 Å². The Morgan fingerprint density at radius 3 is 1.79 bits per heavy atom. The molecule has 0 saturated carbocycles. The second-order valence-corrected chi connectivity index (χ2v) is 3.61. The molecule has 1 rings (SSSR count). The normalized spacial score (nSPS) is 10.6. The van der Waals surface area contributed by atoms with Crippen LogP contribution in [0.2, 0.25) is 0 Å². The minimum atomic E-state index is 0.667. The molecule has 0 bridgehead atoms. The average Bonchev–Trinajstić information content (AvgIpc) is 2.26. The summed E-state index contributed by atoms with van der Waals surface area (Å²) in [5.74, 6) is 0. The van der Waals surface area contributed by atoms with E-state index in [1.807, 2.05) is 0 Å². The Morgan fingerprint density at radius 1 is 0.857 bits per heavy atom. The molecule has 1 aromatic rings. The van der Waals surface area contributed by atoms with Crippen molar-refractivity contribution >= 4 is 0 Å². The van der Waals surface area contributed by atoms with Crippen molar-refractivity contribution in [3.05, 3.63) is 34.4 Å². The average molecular weight is 191 g/mol. The van der Waals surface area contributed by atoms with Crippen LogP contribution in [0.1, 0.15) is 43.0 Å². The van der Waals surface area contributed by atoms with E-state index in [1.54, 1.807) is 0 Å². The molecule has 0 amide bonds. The molecule has 1 nitrogen and oxygen atoms in total. The molecule has 0 spiro atoms. The monoisotopic (exact) mass is 191 g/mol. The summed E-state index contributed by atoms with van der Waals surface area (Å²) in [5.41, 5.74) is 11.6. The first kappa shape index (κ1) is 11.3. The van der Waals surface area contributed by atoms with Crippen LogP contribution in [0.3, 0.4) is 0 Å². The lowest BCUT2D eigenvalue weighted by molar-refractivity contribution is 0.933. The van der Waals surface area contributed by atoms with Crippen LogP contribution in [-0.4, -0.2) is 0 Å². The highest BCUT2D eigenvalue weighted by atomic mass is 14.5. The maximum atomic E-state index is 5.74. The molecule has 1 heteroatoms. The van der Waals surface area contributed by atoms with Crippen molar-refractivity contribution in [2.24, 2.45) is 5.73 Å². The molecule has 1 aromatic carbocycles. The van der Waals surface area contributed by atoms with Gasteiger partial charge in [-0.1, -0.05) is 32.9 Å². The summed E-state index contributed by atoms with van der Waals surface area (Å²) >= 11 is 0. The molecular formula is C13H21N. The largest absolute Gasteiger partial charge is 0.326 e. The van der Waals surface area contributed by atoms with Gasteiger partial charge in [-0.05, 0) is 41.5 Å². The van der Waals surface area contributed by atoms with Crippen molar-refractivity contribution in [3.63, 3.8) is 0 Å². The first-order valence-electron chi connectivity index (χ1n) is 5.60. The van der Waals surface area contributed by atoms with E-state index in [9.17, 15) is 0 Å². The fraction of sp³-hybridized carbons (Fsp3) is 0.538. The Kier molecular flexibility index (Phi) is 4.15. The van der Waals surface area contributed by atoms with Crippen molar-refractivity contribution in [1.29, 1.82) is 0 Å². The predicted molar refractivity (Wildman–Crippen MR) is 62.5 cm³/mol. The Morgan fingerprint density at radius 2 is 1.36 bits per heavy atom. The molecule has 0 aliphatic carbocycles. The summed E-state index contributed by atoms with van der Waals surface area (Å²) in [7, 11) is 0. The predicted octanol–water partition coefficient (Wildman–Crippen LogP) is 2.83. The second kappa shape index (κ2) is 5.16. The van der Waals surface area contributed by atoms with Crippen molar-refractivity contribution in [2.45, 2.75) is 46.6 Å². The van der Waals surface area contributed by atoms with Gasteiger partial charge < -0.3 is 5.73 Å². The minimum Gasteiger partial charge on any atom is -0.326 e. The van der Waals surface area contributed by atoms with Gasteiger partial charge in [0.05, 0.1) is 0 Å². The van der Waals surface area contributed by atoms with Crippen molar-refractivity contribution in [2.75, 3.05) is 0 Å². The van der Waals surface area contributed by atoms with E-state index in [2.05, 4.69) is 32.9 Å². The Balaban J connectivity index is 3.28. The molecule has 2 N–H and O–H groups in total. The first-order valence-corrected chi connectivity index (χ1v) is 5.60. The van der Waals surface area contributed by atoms with Crippen molar-refractivity contribution in [3.8, 4) is 0 Å². The van der Waals surface area contributed by atoms with Crippen LogP contribution in [0.4, 0.5) is 0 Å². The van der Waals surface area contributed by atoms with Gasteiger partial charge in [-0.2, -0.15) is 0 Å². The van der Waals surface area contributed by atoms with Gasteiger partial charge in [0, 0.05) is 6.54 Å². The van der Waals surface area contributed by atoms with Gasteiger partial charge >= 0.3 is 0 Å². The first-order chi connectivity index (χ1) is 6.78. The van der Waals surface area contributed by atoms with E-state index < -0.39 is 0 Å². The molecule has 0 aliphatic rings. The van der Waals surface area contributed by atoms with Crippen molar-refractivity contribution < 1.29 is 0 Å². The summed E-state index contributed by atoms with van der Waals surface area (Å²) in [5, 5.41) is 0. The van der Waals surface area contributed by atoms with Crippen LogP contribution in [0.15, 0.2) is 12.1 Å². The maximum Gasteiger partial charge on any atom is 0.0180 e. The number of hydrogen-bond donors (Lipinski definition) is 1. The zero-order valence-corrected chi connectivity index (χ0v) is 9.56. The molecule has 0 atom stereocenters. The molecule has 78 valence electrons.